The van der Waals surface area contributed by atoms with Crippen LogP contribution in [0, 0.1) is 16.7 Å². The van der Waals surface area contributed by atoms with Crippen molar-refractivity contribution in [2.24, 2.45) is 23.8 Å². The molecule has 7 heterocycles. The largest absolute Gasteiger partial charge is 0.474 e. The summed E-state index contributed by atoms with van der Waals surface area (Å²) in [5, 5.41) is 4.64. The first-order chi connectivity index (χ1) is 29.5. The number of hydrogen-bond donors (Lipinski definition) is 1. The molecule has 2 spiro atoms. The highest BCUT2D eigenvalue weighted by Gasteiger charge is 2.57. The van der Waals surface area contributed by atoms with Crippen LogP contribution in [0.1, 0.15) is 72.1 Å². The summed E-state index contributed by atoms with van der Waals surface area (Å²) in [6.45, 7) is 5.60. The van der Waals surface area contributed by atoms with Gasteiger partial charge >= 0.3 is 0 Å². The highest BCUT2D eigenvalue weighted by Crippen LogP contribution is 2.56. The van der Waals surface area contributed by atoms with Crippen LogP contribution >= 0.6 is 0 Å². The number of carbonyl (C=O) groups excluding carboxylic acids is 4. The molecule has 1 atom stereocenters. The molecule has 3 aliphatic carbocycles. The molecule has 3 saturated carbocycles. The number of likely N-dealkylation sites (tertiary alicyclic amines) is 1. The number of piperidine rings is 1. The second-order valence-corrected chi connectivity index (χ2v) is 19.6. The summed E-state index contributed by atoms with van der Waals surface area (Å²) in [5.74, 6) is -0.416. The number of fused-ring (bicyclic) bond motifs is 4. The van der Waals surface area contributed by atoms with Gasteiger partial charge in [-0.05, 0) is 92.4 Å². The van der Waals surface area contributed by atoms with Crippen LogP contribution in [-0.2, 0) is 16.6 Å². The van der Waals surface area contributed by atoms with E-state index in [1.807, 2.05) is 36.8 Å². The molecule has 1 N–H and O–H groups in total. The molecule has 1 unspecified atom stereocenters. The fraction of sp³-hybridized carbons (Fsp3) is 0.458. The lowest BCUT2D eigenvalue weighted by molar-refractivity contribution is -0.136. The first kappa shape index (κ1) is 37.1. The van der Waals surface area contributed by atoms with E-state index in [0.29, 0.717) is 39.9 Å². The maximum atomic E-state index is 13.3. The second kappa shape index (κ2) is 13.4. The van der Waals surface area contributed by atoms with Gasteiger partial charge in [-0.25, -0.2) is 4.98 Å². The van der Waals surface area contributed by atoms with Gasteiger partial charge in [-0.15, -0.1) is 0 Å². The van der Waals surface area contributed by atoms with Gasteiger partial charge in [0.2, 0.25) is 17.7 Å². The molecule has 13 nitrogen and oxygen atoms in total. The average molecular weight is 819 g/mol. The fourth-order valence-electron chi connectivity index (χ4n) is 12.3. The number of carbonyl (C=O) groups is 4. The van der Waals surface area contributed by atoms with Crippen LogP contribution in [0.4, 0.5) is 5.69 Å². The van der Waals surface area contributed by atoms with E-state index >= 15 is 0 Å². The fourth-order valence-corrected chi connectivity index (χ4v) is 12.3. The molecule has 13 heteroatoms. The van der Waals surface area contributed by atoms with E-state index in [4.69, 9.17) is 9.72 Å². The second-order valence-electron chi connectivity index (χ2n) is 19.6. The molecule has 2 aromatic carbocycles. The molecule has 7 aliphatic rings. The van der Waals surface area contributed by atoms with Crippen LogP contribution in [-0.4, -0.2) is 117 Å². The number of ether oxygens (including phenoxy) is 1. The van der Waals surface area contributed by atoms with Crippen molar-refractivity contribution in [2.45, 2.75) is 75.6 Å². The Kier molecular flexibility index (Phi) is 8.17. The van der Waals surface area contributed by atoms with Gasteiger partial charge in [0, 0.05) is 129 Å². The van der Waals surface area contributed by atoms with Gasteiger partial charge in [-0.1, -0.05) is 12.1 Å². The Labute approximate surface area is 354 Å². The predicted molar refractivity (Wildman–Crippen MR) is 229 cm³/mol. The lowest BCUT2D eigenvalue weighted by atomic mass is 9.56. The lowest BCUT2D eigenvalue weighted by Crippen LogP contribution is -2.69. The number of anilines is 1. The zero-order chi connectivity index (χ0) is 41.4. The molecule has 3 aromatic heterocycles. The molecule has 312 valence electrons. The zero-order valence-corrected chi connectivity index (χ0v) is 34.7. The molecule has 4 amide bonds. The maximum absolute atomic E-state index is 13.3. The van der Waals surface area contributed by atoms with Crippen LogP contribution in [0.3, 0.4) is 0 Å². The smallest absolute Gasteiger partial charge is 0.262 e. The molecule has 0 radical (unpaired) electrons. The van der Waals surface area contributed by atoms with Gasteiger partial charge < -0.3 is 24.0 Å². The van der Waals surface area contributed by atoms with Crippen molar-refractivity contribution >= 4 is 51.1 Å². The first-order valence-corrected chi connectivity index (χ1v) is 22.0. The Morgan fingerprint density at radius 3 is 2.34 bits per heavy atom. The summed E-state index contributed by atoms with van der Waals surface area (Å²) in [4.78, 5) is 68.2. The van der Waals surface area contributed by atoms with Gasteiger partial charge in [0.15, 0.2) is 0 Å². The molecule has 0 bridgehead atoms. The zero-order valence-electron chi connectivity index (χ0n) is 34.7. The van der Waals surface area contributed by atoms with Crippen LogP contribution in [0.15, 0.2) is 73.2 Å². The van der Waals surface area contributed by atoms with E-state index < -0.39 is 23.8 Å². The van der Waals surface area contributed by atoms with Crippen molar-refractivity contribution < 1.29 is 23.9 Å². The number of aromatic nitrogens is 3. The number of pyridine rings is 2. The molecular formula is C48H50N8O5. The van der Waals surface area contributed by atoms with Gasteiger partial charge in [0.25, 0.3) is 11.8 Å². The van der Waals surface area contributed by atoms with Crippen LogP contribution in [0.25, 0.3) is 32.9 Å². The molecule has 61 heavy (non-hydrogen) atoms. The van der Waals surface area contributed by atoms with E-state index in [-0.39, 0.29) is 24.9 Å². The van der Waals surface area contributed by atoms with E-state index in [9.17, 15) is 19.2 Å². The Balaban J connectivity index is 0.566. The third-order valence-corrected chi connectivity index (χ3v) is 15.6. The van der Waals surface area contributed by atoms with Crippen molar-refractivity contribution in [1.29, 1.82) is 0 Å². The summed E-state index contributed by atoms with van der Waals surface area (Å²) in [5.41, 5.74) is 7.08. The summed E-state index contributed by atoms with van der Waals surface area (Å²) < 4.78 is 8.55. The van der Waals surface area contributed by atoms with Gasteiger partial charge in [0.1, 0.15) is 12.1 Å². The van der Waals surface area contributed by atoms with Gasteiger partial charge in [-0.3, -0.25) is 34.4 Å². The summed E-state index contributed by atoms with van der Waals surface area (Å²) in [6, 6.07) is 18.5. The van der Waals surface area contributed by atoms with Crippen molar-refractivity contribution in [1.82, 2.24) is 34.6 Å². The van der Waals surface area contributed by atoms with E-state index in [0.717, 1.165) is 53.6 Å². The summed E-state index contributed by atoms with van der Waals surface area (Å²) in [7, 11) is 4.42. The Bertz CT molecular complexity index is 2660. The molecular weight excluding hydrogens is 769 g/mol. The number of benzene rings is 2. The normalized spacial score (nSPS) is 26.6. The Morgan fingerprint density at radius 1 is 0.803 bits per heavy atom. The highest BCUT2D eigenvalue weighted by atomic mass is 16.5. The summed E-state index contributed by atoms with van der Waals surface area (Å²) >= 11 is 0. The number of nitrogens with one attached hydrogen (secondary N) is 1. The Morgan fingerprint density at radius 2 is 1.57 bits per heavy atom. The van der Waals surface area contributed by atoms with E-state index in [2.05, 4.69) is 74.0 Å². The molecule has 6 fully saturated rings. The SMILES string of the molecule is Cn1c2ccncc2c2ccc(-c3ccc(O[C@H]4C[C@H](N(C)C5CC6(C5)CN(CC5CC7(C5)CN(c5ccc8c(c5)C(=O)N(C5CCC(=O)NC5=O)C8=O)C7)C6)C4)nc3)cc21. The van der Waals surface area contributed by atoms with Crippen molar-refractivity contribution in [2.75, 3.05) is 44.7 Å². The van der Waals surface area contributed by atoms with Crippen LogP contribution < -0.4 is 15.0 Å². The number of amides is 4. The van der Waals surface area contributed by atoms with Crippen LogP contribution in [0.2, 0.25) is 0 Å². The monoisotopic (exact) mass is 818 g/mol. The van der Waals surface area contributed by atoms with Crippen molar-refractivity contribution in [3.63, 3.8) is 0 Å². The van der Waals surface area contributed by atoms with E-state index in [1.54, 1.807) is 6.07 Å². The highest BCUT2D eigenvalue weighted by molar-refractivity contribution is 6.23. The Hall–Kier alpha value is -5.66. The number of hydrogen-bond acceptors (Lipinski definition) is 10. The first-order valence-electron chi connectivity index (χ1n) is 22.0. The lowest BCUT2D eigenvalue weighted by Gasteiger charge is -2.65. The number of nitrogens with zero attached hydrogens (tertiary/aromatic N) is 7. The van der Waals surface area contributed by atoms with Crippen molar-refractivity contribution in [3.8, 4) is 17.0 Å². The molecule has 4 aliphatic heterocycles. The minimum absolute atomic E-state index is 0.114. The number of rotatable bonds is 9. The van der Waals surface area contributed by atoms with Crippen LogP contribution in [0.5, 0.6) is 5.88 Å². The minimum Gasteiger partial charge on any atom is -0.474 e. The quantitative estimate of drug-likeness (QED) is 0.193. The average Bonchev–Trinajstić information content (AvgIpc) is 3.61. The van der Waals surface area contributed by atoms with E-state index in [1.165, 1.54) is 67.1 Å². The minimum atomic E-state index is -0.943. The molecule has 12 rings (SSSR count). The van der Waals surface area contributed by atoms with Crippen molar-refractivity contribution in [3.05, 3.63) is 84.3 Å². The summed E-state index contributed by atoms with van der Waals surface area (Å²) in [6.07, 6.45) is 13.4. The predicted octanol–water partition coefficient (Wildman–Crippen LogP) is 5.41. The van der Waals surface area contributed by atoms with Gasteiger partial charge in [0.05, 0.1) is 16.6 Å². The number of imide groups is 2. The standard InChI is InChI=1S/C48H50N8O5/c1-52(32-14-34(15-32)61-43-10-4-30(21-50-43)29-3-6-35-38-22-49-12-11-39(38)53(2)41(35)13-29)33-19-48(20-33)24-54(25-48)23-28-17-47(18-28)26-55(27-47)31-5-7-36-37(16-31)46(60)56(45(36)59)40-8-9-42(57)51-44(40)58/h3-7,10-13,16,21-22,28,32-34,40H,8-9,14-15,17-20,23-27H2,1-2H3,(H,51,57,58)/t32-,34-,40?. The molecule has 3 saturated heterocycles. The third-order valence-electron chi connectivity index (χ3n) is 15.6. The van der Waals surface area contributed by atoms with Gasteiger partial charge in [-0.2, -0.15) is 0 Å². The molecule has 5 aromatic rings. The maximum Gasteiger partial charge on any atom is 0.262 e. The topological polar surface area (TPSA) is 133 Å². The number of aryl methyl sites for hydroxylation is 1. The third kappa shape index (κ3) is 5.94.